The van der Waals surface area contributed by atoms with E-state index in [1.807, 2.05) is 0 Å². The number of halogens is 2. The molecule has 1 saturated heterocycles. The summed E-state index contributed by atoms with van der Waals surface area (Å²) in [6, 6.07) is 4.91. The predicted octanol–water partition coefficient (Wildman–Crippen LogP) is 2.65. The highest BCUT2D eigenvalue weighted by molar-refractivity contribution is 6.44. The molecule has 136 valence electrons. The number of benzene rings is 1. The topological polar surface area (TPSA) is 69.7 Å². The van der Waals surface area contributed by atoms with E-state index in [2.05, 4.69) is 5.32 Å². The van der Waals surface area contributed by atoms with Gasteiger partial charge in [-0.25, -0.2) is 0 Å². The van der Waals surface area contributed by atoms with Gasteiger partial charge in [-0.15, -0.1) is 0 Å². The third kappa shape index (κ3) is 4.25. The summed E-state index contributed by atoms with van der Waals surface area (Å²) in [5, 5.41) is 3.23. The SMILES string of the molecule is CC(=O)N1CCN(C(=O)C(C)(C)C(=O)Nc2cccc(Cl)c2Cl)CC1. The zero-order valence-corrected chi connectivity index (χ0v) is 15.9. The van der Waals surface area contributed by atoms with E-state index in [-0.39, 0.29) is 16.8 Å². The molecule has 0 aliphatic carbocycles. The summed E-state index contributed by atoms with van der Waals surface area (Å²) < 4.78 is 0. The van der Waals surface area contributed by atoms with Crippen LogP contribution in [0, 0.1) is 5.41 Å². The van der Waals surface area contributed by atoms with Gasteiger partial charge in [0.05, 0.1) is 15.7 Å². The fourth-order valence-electron chi connectivity index (χ4n) is 2.60. The van der Waals surface area contributed by atoms with E-state index in [4.69, 9.17) is 23.2 Å². The summed E-state index contributed by atoms with van der Waals surface area (Å²) in [5.41, 5.74) is -0.911. The fourth-order valence-corrected chi connectivity index (χ4v) is 2.94. The number of hydrogen-bond acceptors (Lipinski definition) is 3. The van der Waals surface area contributed by atoms with Gasteiger partial charge in [-0.2, -0.15) is 0 Å². The van der Waals surface area contributed by atoms with Gasteiger partial charge in [0.1, 0.15) is 5.41 Å². The maximum absolute atomic E-state index is 12.8. The molecule has 2 rings (SSSR count). The highest BCUT2D eigenvalue weighted by Gasteiger charge is 2.40. The van der Waals surface area contributed by atoms with Crippen LogP contribution in [0.1, 0.15) is 20.8 Å². The molecule has 25 heavy (non-hydrogen) atoms. The standard InChI is InChI=1S/C17H21Cl2N3O3/c1-11(23)21-7-9-22(10-8-21)16(25)17(2,3)15(24)20-13-6-4-5-12(18)14(13)19/h4-6H,7-10H2,1-3H3,(H,20,24). The van der Waals surface area contributed by atoms with Crippen molar-refractivity contribution in [3.63, 3.8) is 0 Å². The van der Waals surface area contributed by atoms with Gasteiger partial charge in [0.15, 0.2) is 0 Å². The summed E-state index contributed by atoms with van der Waals surface area (Å²) in [4.78, 5) is 40.1. The van der Waals surface area contributed by atoms with Crippen LogP contribution >= 0.6 is 23.2 Å². The first-order valence-electron chi connectivity index (χ1n) is 7.95. The largest absolute Gasteiger partial charge is 0.339 e. The van der Waals surface area contributed by atoms with E-state index < -0.39 is 11.3 Å². The second-order valence-electron chi connectivity index (χ2n) is 6.48. The van der Waals surface area contributed by atoms with E-state index in [0.29, 0.717) is 36.9 Å². The lowest BCUT2D eigenvalue weighted by molar-refractivity contribution is -0.149. The van der Waals surface area contributed by atoms with Crippen molar-refractivity contribution in [3.8, 4) is 0 Å². The Kier molecular flexibility index (Phi) is 5.95. The zero-order valence-electron chi connectivity index (χ0n) is 14.4. The average Bonchev–Trinajstić information content (AvgIpc) is 2.58. The van der Waals surface area contributed by atoms with Crippen LogP contribution in [0.5, 0.6) is 0 Å². The summed E-state index contributed by atoms with van der Waals surface area (Å²) in [6.07, 6.45) is 0. The van der Waals surface area contributed by atoms with Crippen LogP contribution in [0.3, 0.4) is 0 Å². The zero-order chi connectivity index (χ0) is 18.8. The maximum Gasteiger partial charge on any atom is 0.239 e. The molecule has 1 aromatic rings. The summed E-state index contributed by atoms with van der Waals surface area (Å²) in [7, 11) is 0. The maximum atomic E-state index is 12.8. The quantitative estimate of drug-likeness (QED) is 0.812. The molecule has 0 bridgehead atoms. The first kappa shape index (κ1) is 19.5. The minimum absolute atomic E-state index is 0.0142. The van der Waals surface area contributed by atoms with Crippen molar-refractivity contribution in [1.82, 2.24) is 9.80 Å². The Morgan fingerprint density at radius 2 is 1.60 bits per heavy atom. The number of nitrogens with one attached hydrogen (secondary N) is 1. The predicted molar refractivity (Wildman–Crippen MR) is 97.7 cm³/mol. The third-order valence-electron chi connectivity index (χ3n) is 4.31. The van der Waals surface area contributed by atoms with Crippen LogP contribution in [0.15, 0.2) is 18.2 Å². The number of amides is 3. The molecule has 3 amide bonds. The van der Waals surface area contributed by atoms with Crippen molar-refractivity contribution >= 4 is 46.6 Å². The molecule has 1 aliphatic rings. The number of hydrogen-bond donors (Lipinski definition) is 1. The van der Waals surface area contributed by atoms with Gasteiger partial charge < -0.3 is 15.1 Å². The Hall–Kier alpha value is -1.79. The molecule has 8 heteroatoms. The number of carbonyl (C=O) groups is 3. The van der Waals surface area contributed by atoms with Gasteiger partial charge in [-0.1, -0.05) is 29.3 Å². The lowest BCUT2D eigenvalue weighted by Crippen LogP contribution is -2.55. The average molecular weight is 386 g/mol. The van der Waals surface area contributed by atoms with E-state index >= 15 is 0 Å². The third-order valence-corrected chi connectivity index (χ3v) is 5.13. The van der Waals surface area contributed by atoms with Crippen molar-refractivity contribution in [2.75, 3.05) is 31.5 Å². The molecule has 0 radical (unpaired) electrons. The molecule has 0 unspecified atom stereocenters. The summed E-state index contributed by atoms with van der Waals surface area (Å²) >= 11 is 12.0. The molecular weight excluding hydrogens is 365 g/mol. The molecule has 0 atom stereocenters. The highest BCUT2D eigenvalue weighted by Crippen LogP contribution is 2.31. The second kappa shape index (κ2) is 7.62. The van der Waals surface area contributed by atoms with Crippen LogP contribution in [0.2, 0.25) is 10.0 Å². The Morgan fingerprint density at radius 3 is 2.16 bits per heavy atom. The van der Waals surface area contributed by atoms with Crippen LogP contribution in [-0.2, 0) is 14.4 Å². The molecule has 0 saturated carbocycles. The van der Waals surface area contributed by atoms with Crippen molar-refractivity contribution in [2.45, 2.75) is 20.8 Å². The van der Waals surface area contributed by atoms with Crippen LogP contribution in [0.25, 0.3) is 0 Å². The monoisotopic (exact) mass is 385 g/mol. The van der Waals surface area contributed by atoms with E-state index in [9.17, 15) is 14.4 Å². The van der Waals surface area contributed by atoms with E-state index in [1.54, 1.807) is 41.8 Å². The Morgan fingerprint density at radius 1 is 1.04 bits per heavy atom. The molecular formula is C17H21Cl2N3O3. The van der Waals surface area contributed by atoms with E-state index in [1.165, 1.54) is 6.92 Å². The first-order valence-corrected chi connectivity index (χ1v) is 8.70. The number of carbonyl (C=O) groups excluding carboxylic acids is 3. The van der Waals surface area contributed by atoms with Gasteiger partial charge in [0.2, 0.25) is 17.7 Å². The highest BCUT2D eigenvalue weighted by atomic mass is 35.5. The molecule has 1 aliphatic heterocycles. The van der Waals surface area contributed by atoms with Crippen molar-refractivity contribution in [2.24, 2.45) is 5.41 Å². The minimum Gasteiger partial charge on any atom is -0.339 e. The Balaban J connectivity index is 2.06. The van der Waals surface area contributed by atoms with E-state index in [0.717, 1.165) is 0 Å². The lowest BCUT2D eigenvalue weighted by Gasteiger charge is -2.37. The van der Waals surface area contributed by atoms with Crippen LogP contribution < -0.4 is 5.32 Å². The van der Waals surface area contributed by atoms with Crippen LogP contribution in [0.4, 0.5) is 5.69 Å². The van der Waals surface area contributed by atoms with Crippen molar-refractivity contribution in [3.05, 3.63) is 28.2 Å². The second-order valence-corrected chi connectivity index (χ2v) is 7.26. The van der Waals surface area contributed by atoms with Gasteiger partial charge in [0, 0.05) is 33.1 Å². The van der Waals surface area contributed by atoms with Gasteiger partial charge in [-0.05, 0) is 26.0 Å². The number of rotatable bonds is 3. The summed E-state index contributed by atoms with van der Waals surface area (Å²) in [5.74, 6) is -0.762. The minimum atomic E-state index is -1.27. The molecule has 1 aromatic carbocycles. The first-order chi connectivity index (χ1) is 11.6. The number of nitrogens with zero attached hydrogens (tertiary/aromatic N) is 2. The fraction of sp³-hybridized carbons (Fsp3) is 0.471. The smallest absolute Gasteiger partial charge is 0.239 e. The molecule has 6 nitrogen and oxygen atoms in total. The van der Waals surface area contributed by atoms with Crippen molar-refractivity contribution < 1.29 is 14.4 Å². The Bertz CT molecular complexity index is 698. The van der Waals surface area contributed by atoms with Gasteiger partial charge in [-0.3, -0.25) is 14.4 Å². The van der Waals surface area contributed by atoms with Crippen LogP contribution in [-0.4, -0.2) is 53.7 Å². The number of anilines is 1. The molecule has 1 fully saturated rings. The molecule has 1 heterocycles. The normalized spacial score (nSPS) is 15.1. The Labute approximate surface area is 157 Å². The van der Waals surface area contributed by atoms with Gasteiger partial charge >= 0.3 is 0 Å². The summed E-state index contributed by atoms with van der Waals surface area (Å²) in [6.45, 7) is 6.41. The molecule has 0 spiro atoms. The van der Waals surface area contributed by atoms with Gasteiger partial charge in [0.25, 0.3) is 0 Å². The molecule has 1 N–H and O–H groups in total. The number of piperazine rings is 1. The molecule has 0 aromatic heterocycles. The van der Waals surface area contributed by atoms with Crippen molar-refractivity contribution in [1.29, 1.82) is 0 Å². The lowest BCUT2D eigenvalue weighted by atomic mass is 9.89.